The second kappa shape index (κ2) is 7.61. The van der Waals surface area contributed by atoms with Crippen molar-refractivity contribution >= 4 is 23.7 Å². The fraction of sp³-hybridized carbons (Fsp3) is 0.692. The van der Waals surface area contributed by atoms with E-state index in [9.17, 15) is 19.2 Å². The van der Waals surface area contributed by atoms with Crippen LogP contribution in [0.25, 0.3) is 0 Å². The summed E-state index contributed by atoms with van der Waals surface area (Å²) in [5.74, 6) is -1.98. The fourth-order valence-corrected chi connectivity index (χ4v) is 1.93. The molecule has 1 rings (SSSR count). The molecule has 3 atom stereocenters. The first-order valence-corrected chi connectivity index (χ1v) is 6.89. The quantitative estimate of drug-likeness (QED) is 0.432. The maximum Gasteiger partial charge on any atom is 0.326 e. The Morgan fingerprint density at radius 3 is 2.38 bits per heavy atom. The normalized spacial score (nSPS) is 21.2. The number of rotatable bonds is 9. The number of carboxylic acids is 1. The molecule has 8 nitrogen and oxygen atoms in total. The van der Waals surface area contributed by atoms with Gasteiger partial charge in [-0.2, -0.15) is 0 Å². The first kappa shape index (κ1) is 16.9. The van der Waals surface area contributed by atoms with Crippen molar-refractivity contribution in [2.75, 3.05) is 6.54 Å². The molecule has 0 heterocycles. The van der Waals surface area contributed by atoms with Crippen LogP contribution in [-0.4, -0.2) is 41.4 Å². The van der Waals surface area contributed by atoms with Crippen LogP contribution in [0.5, 0.6) is 0 Å². The van der Waals surface area contributed by atoms with Crippen LogP contribution < -0.4 is 16.4 Å². The van der Waals surface area contributed by atoms with Gasteiger partial charge < -0.3 is 21.5 Å². The Kier molecular flexibility index (Phi) is 6.13. The van der Waals surface area contributed by atoms with E-state index in [4.69, 9.17) is 10.8 Å². The highest BCUT2D eigenvalue weighted by Crippen LogP contribution is 2.37. The Balaban J connectivity index is 2.24. The molecule has 0 bridgehead atoms. The summed E-state index contributed by atoms with van der Waals surface area (Å²) < 4.78 is 0. The number of nitrogens with one attached hydrogen (secondary N) is 2. The topological polar surface area (TPSA) is 139 Å². The number of hydrogen-bond donors (Lipinski definition) is 4. The van der Waals surface area contributed by atoms with E-state index in [0.717, 1.165) is 6.42 Å². The van der Waals surface area contributed by atoms with Gasteiger partial charge in [-0.05, 0) is 18.8 Å². The molecule has 0 aromatic heterocycles. The summed E-state index contributed by atoms with van der Waals surface area (Å²) in [4.78, 5) is 44.7. The monoisotopic (exact) mass is 299 g/mol. The molecule has 1 saturated carbocycles. The second-order valence-electron chi connectivity index (χ2n) is 5.32. The molecule has 0 aliphatic heterocycles. The number of carbonyl (C=O) groups excluding carboxylic acids is 3. The Morgan fingerprint density at radius 2 is 1.90 bits per heavy atom. The highest BCUT2D eigenvalue weighted by atomic mass is 16.4. The molecule has 3 unspecified atom stereocenters. The van der Waals surface area contributed by atoms with Gasteiger partial charge >= 0.3 is 5.97 Å². The number of hydrogen-bond acceptors (Lipinski definition) is 4. The van der Waals surface area contributed by atoms with Crippen LogP contribution in [0.2, 0.25) is 0 Å². The number of primary amides is 1. The molecule has 0 radical (unpaired) electrons. The van der Waals surface area contributed by atoms with E-state index in [1.54, 1.807) is 0 Å². The number of amides is 3. The standard InChI is InChI=1S/C13H21N3O5/c1-7-6-8(7)12(19)15-5-4-11(18)16-9(13(20)21)2-3-10(14)17/h7-9H,2-6H2,1H3,(H2,14,17)(H,15,19)(H,16,18)(H,20,21). The van der Waals surface area contributed by atoms with Crippen molar-refractivity contribution < 1.29 is 24.3 Å². The van der Waals surface area contributed by atoms with Gasteiger partial charge in [0.1, 0.15) is 6.04 Å². The van der Waals surface area contributed by atoms with Crippen molar-refractivity contribution in [1.29, 1.82) is 0 Å². The first-order valence-electron chi connectivity index (χ1n) is 6.89. The van der Waals surface area contributed by atoms with Crippen molar-refractivity contribution in [2.45, 2.75) is 38.6 Å². The third-order valence-corrected chi connectivity index (χ3v) is 3.41. The molecule has 0 saturated heterocycles. The summed E-state index contributed by atoms with van der Waals surface area (Å²) in [5, 5.41) is 13.9. The van der Waals surface area contributed by atoms with E-state index in [1.165, 1.54) is 0 Å². The summed E-state index contributed by atoms with van der Waals surface area (Å²) in [6.45, 7) is 2.14. The predicted molar refractivity (Wildman–Crippen MR) is 72.9 cm³/mol. The Hall–Kier alpha value is -2.12. The molecule has 8 heteroatoms. The van der Waals surface area contributed by atoms with Gasteiger partial charge in [0.25, 0.3) is 0 Å². The lowest BCUT2D eigenvalue weighted by Crippen LogP contribution is -2.42. The summed E-state index contributed by atoms with van der Waals surface area (Å²) in [6, 6.07) is -1.15. The molecule has 0 aromatic carbocycles. The van der Waals surface area contributed by atoms with Gasteiger partial charge in [-0.25, -0.2) is 4.79 Å². The molecule has 5 N–H and O–H groups in total. The lowest BCUT2D eigenvalue weighted by Gasteiger charge is -2.13. The molecular formula is C13H21N3O5. The van der Waals surface area contributed by atoms with Crippen LogP contribution in [-0.2, 0) is 19.2 Å². The third-order valence-electron chi connectivity index (χ3n) is 3.41. The smallest absolute Gasteiger partial charge is 0.326 e. The molecular weight excluding hydrogens is 278 g/mol. The largest absolute Gasteiger partial charge is 0.480 e. The zero-order valence-corrected chi connectivity index (χ0v) is 11.9. The fourth-order valence-electron chi connectivity index (χ4n) is 1.93. The molecule has 0 spiro atoms. The number of carboxylic acid groups (broad SMARTS) is 1. The molecule has 0 aromatic rings. The minimum Gasteiger partial charge on any atom is -0.480 e. The SMILES string of the molecule is CC1CC1C(=O)NCCC(=O)NC(CCC(N)=O)C(=O)O. The lowest BCUT2D eigenvalue weighted by molar-refractivity contribution is -0.142. The summed E-state index contributed by atoms with van der Waals surface area (Å²) in [5.41, 5.74) is 4.94. The highest BCUT2D eigenvalue weighted by Gasteiger charge is 2.38. The zero-order chi connectivity index (χ0) is 16.0. The Morgan fingerprint density at radius 1 is 1.29 bits per heavy atom. The van der Waals surface area contributed by atoms with Gasteiger partial charge in [0.05, 0.1) is 0 Å². The van der Waals surface area contributed by atoms with E-state index in [-0.39, 0.29) is 37.6 Å². The molecule has 21 heavy (non-hydrogen) atoms. The van der Waals surface area contributed by atoms with Crippen LogP contribution in [0.15, 0.2) is 0 Å². The van der Waals surface area contributed by atoms with Crippen molar-refractivity contribution in [3.63, 3.8) is 0 Å². The number of carbonyl (C=O) groups is 4. The van der Waals surface area contributed by atoms with Gasteiger partial charge in [-0.3, -0.25) is 14.4 Å². The van der Waals surface area contributed by atoms with Crippen LogP contribution in [0.3, 0.4) is 0 Å². The van der Waals surface area contributed by atoms with Crippen molar-refractivity contribution in [3.05, 3.63) is 0 Å². The van der Waals surface area contributed by atoms with E-state index >= 15 is 0 Å². The van der Waals surface area contributed by atoms with Crippen molar-refractivity contribution in [2.24, 2.45) is 17.6 Å². The second-order valence-corrected chi connectivity index (χ2v) is 5.32. The minimum atomic E-state index is -1.22. The summed E-state index contributed by atoms with van der Waals surface area (Å²) >= 11 is 0. The molecule has 118 valence electrons. The first-order chi connectivity index (χ1) is 9.81. The predicted octanol–water partition coefficient (Wildman–Crippen LogP) is -1.02. The van der Waals surface area contributed by atoms with E-state index in [0.29, 0.717) is 5.92 Å². The van der Waals surface area contributed by atoms with Crippen LogP contribution in [0.1, 0.15) is 32.6 Å². The molecule has 1 aliphatic rings. The average Bonchev–Trinajstić information content (AvgIpc) is 3.11. The maximum absolute atomic E-state index is 11.6. The number of nitrogens with two attached hydrogens (primary N) is 1. The van der Waals surface area contributed by atoms with Gasteiger partial charge in [0.15, 0.2) is 0 Å². The van der Waals surface area contributed by atoms with Gasteiger partial charge in [-0.15, -0.1) is 0 Å². The maximum atomic E-state index is 11.6. The third kappa shape index (κ3) is 6.24. The van der Waals surface area contributed by atoms with Crippen LogP contribution in [0.4, 0.5) is 0 Å². The number of aliphatic carboxylic acids is 1. The Bertz CT molecular complexity index is 438. The van der Waals surface area contributed by atoms with E-state index in [1.807, 2.05) is 6.92 Å². The molecule has 3 amide bonds. The highest BCUT2D eigenvalue weighted by molar-refractivity contribution is 5.85. The van der Waals surface area contributed by atoms with E-state index in [2.05, 4.69) is 10.6 Å². The minimum absolute atomic E-state index is 0.00675. The zero-order valence-electron chi connectivity index (χ0n) is 11.9. The van der Waals surface area contributed by atoms with E-state index < -0.39 is 23.8 Å². The van der Waals surface area contributed by atoms with Gasteiger partial charge in [-0.1, -0.05) is 6.92 Å². The van der Waals surface area contributed by atoms with Gasteiger partial charge in [0, 0.05) is 25.3 Å². The summed E-state index contributed by atoms with van der Waals surface area (Å²) in [7, 11) is 0. The van der Waals surface area contributed by atoms with Gasteiger partial charge in [0.2, 0.25) is 17.7 Å². The van der Waals surface area contributed by atoms with Crippen LogP contribution >= 0.6 is 0 Å². The summed E-state index contributed by atoms with van der Waals surface area (Å²) in [6.07, 6.45) is 0.690. The van der Waals surface area contributed by atoms with Crippen LogP contribution in [0, 0.1) is 11.8 Å². The average molecular weight is 299 g/mol. The lowest BCUT2D eigenvalue weighted by atomic mass is 10.1. The van der Waals surface area contributed by atoms with Crippen molar-refractivity contribution in [3.8, 4) is 0 Å². The Labute approximate surface area is 122 Å². The molecule has 1 fully saturated rings. The van der Waals surface area contributed by atoms with Crippen molar-refractivity contribution in [1.82, 2.24) is 10.6 Å². The molecule has 1 aliphatic carbocycles.